The summed E-state index contributed by atoms with van der Waals surface area (Å²) in [5, 5.41) is 75.4. The number of carbonyl (C=O) groups is 7. The normalized spacial score (nSPS) is 14.1. The third kappa shape index (κ3) is 51.9. The van der Waals surface area contributed by atoms with Crippen LogP contribution in [0.2, 0.25) is 0 Å². The van der Waals surface area contributed by atoms with Gasteiger partial charge in [-0.1, -0.05) is 55.7 Å². The Morgan fingerprint density at radius 1 is 0.632 bits per heavy atom. The van der Waals surface area contributed by atoms with Crippen molar-refractivity contribution in [1.29, 1.82) is 5.41 Å². The van der Waals surface area contributed by atoms with E-state index in [9.17, 15) is 33.6 Å². The highest BCUT2D eigenvalue weighted by atomic mass is 33.1. The lowest BCUT2D eigenvalue weighted by molar-refractivity contribution is -0.141. The summed E-state index contributed by atoms with van der Waals surface area (Å²) in [7, 11) is 2.41. The second-order valence-electron chi connectivity index (χ2n) is 11.9. The largest absolute Gasteiger partial charge is 0.480 e. The lowest BCUT2D eigenvalue weighted by Gasteiger charge is -2.11. The van der Waals surface area contributed by atoms with Crippen LogP contribution in [0.25, 0.3) is 0 Å². The van der Waals surface area contributed by atoms with Crippen molar-refractivity contribution in [2.45, 2.75) is 103 Å². The molecule has 0 aromatic heterocycles. The molecule has 26 N–H and O–H groups in total. The van der Waals surface area contributed by atoms with Crippen LogP contribution in [0, 0.1) is 17.2 Å². The fourth-order valence-corrected chi connectivity index (χ4v) is 4.59. The quantitative estimate of drug-likeness (QED) is 0.0231. The molecule has 0 radical (unpaired) electrons. The Labute approximate surface area is 338 Å². The van der Waals surface area contributed by atoms with Crippen molar-refractivity contribution in [1.82, 2.24) is 5.32 Å². The number of rotatable bonds is 21. The van der Waals surface area contributed by atoms with E-state index in [2.05, 4.69) is 11.1 Å². The van der Waals surface area contributed by atoms with E-state index in [-0.39, 0.29) is 29.9 Å². The van der Waals surface area contributed by atoms with E-state index in [0.717, 1.165) is 6.42 Å². The number of hydrogen-bond donors (Lipinski definition) is 18. The average molecular weight is 871 g/mol. The number of aliphatic hydroxyl groups is 1. The van der Waals surface area contributed by atoms with Gasteiger partial charge in [0.05, 0.1) is 12.6 Å². The first kappa shape index (κ1) is 64.8. The summed E-state index contributed by atoms with van der Waals surface area (Å²) < 4.78 is 0. The fourth-order valence-electron chi connectivity index (χ4n) is 2.37. The van der Waals surface area contributed by atoms with Gasteiger partial charge in [0.25, 0.3) is 0 Å². The van der Waals surface area contributed by atoms with E-state index in [1.165, 1.54) is 28.5 Å². The van der Waals surface area contributed by atoms with Crippen LogP contribution in [0.4, 0.5) is 0 Å². The number of guanidine groups is 1. The van der Waals surface area contributed by atoms with Crippen LogP contribution < -0.4 is 51.2 Å². The van der Waals surface area contributed by atoms with Crippen molar-refractivity contribution in [2.75, 3.05) is 24.6 Å². The molecular formula is C30H66N10O15S2. The highest BCUT2D eigenvalue weighted by Crippen LogP contribution is 2.22. The Morgan fingerprint density at radius 3 is 1.16 bits per heavy atom. The van der Waals surface area contributed by atoms with Gasteiger partial charge in [0.15, 0.2) is 5.96 Å². The third-order valence-corrected chi connectivity index (χ3v) is 8.58. The van der Waals surface area contributed by atoms with E-state index < -0.39 is 84.1 Å². The average Bonchev–Trinajstić information content (AvgIpc) is 3.11. The third-order valence-electron chi connectivity index (χ3n) is 6.10. The monoisotopic (exact) mass is 870 g/mol. The van der Waals surface area contributed by atoms with Crippen LogP contribution in [-0.2, 0) is 33.6 Å². The SMILES string of the molecule is CC(C)C[C@H](N)C(=O)O.CC[C@H](C)[C@H](N)C(=O)O.C[C@@H](O)[C@H](N)C(=O)O.N=C(N)NCCC[C@H](N)C(=O)O.NC(CSSC[C@H](N)C(=O)O)C(=O)O.NCC(=O)O. The van der Waals surface area contributed by atoms with Gasteiger partial charge in [-0.3, -0.25) is 39.0 Å². The summed E-state index contributed by atoms with van der Waals surface area (Å²) in [5.74, 6) is -6.34. The summed E-state index contributed by atoms with van der Waals surface area (Å²) in [4.78, 5) is 70.1. The summed E-state index contributed by atoms with van der Waals surface area (Å²) in [6.45, 7) is 9.19. The van der Waals surface area contributed by atoms with Gasteiger partial charge in [0.2, 0.25) is 0 Å². The second-order valence-corrected chi connectivity index (χ2v) is 14.5. The Kier molecular flexibility index (Phi) is 45.7. The molecule has 0 fully saturated rings. The maximum atomic E-state index is 10.3. The Morgan fingerprint density at radius 2 is 0.982 bits per heavy atom. The number of carboxylic acids is 7. The molecule has 0 rings (SSSR count). The van der Waals surface area contributed by atoms with Gasteiger partial charge in [-0.05, 0) is 38.0 Å². The molecule has 0 heterocycles. The molecule has 0 aliphatic carbocycles. The van der Waals surface area contributed by atoms with Crippen LogP contribution in [0.3, 0.4) is 0 Å². The van der Waals surface area contributed by atoms with Crippen molar-refractivity contribution >= 4 is 69.3 Å². The lowest BCUT2D eigenvalue weighted by Crippen LogP contribution is -2.39. The van der Waals surface area contributed by atoms with Gasteiger partial charge in [0.1, 0.15) is 36.3 Å². The van der Waals surface area contributed by atoms with Gasteiger partial charge < -0.3 is 92.0 Å². The van der Waals surface area contributed by atoms with Crippen molar-refractivity contribution in [2.24, 2.45) is 57.7 Å². The van der Waals surface area contributed by atoms with Crippen LogP contribution in [-0.4, -0.2) is 156 Å². The number of aliphatic hydroxyl groups excluding tert-OH is 1. The van der Waals surface area contributed by atoms with E-state index in [1.807, 2.05) is 27.7 Å². The minimum atomic E-state index is -1.18. The zero-order valence-corrected chi connectivity index (χ0v) is 34.4. The number of nitrogens with two attached hydrogens (primary N) is 8. The molecule has 8 atom stereocenters. The van der Waals surface area contributed by atoms with Gasteiger partial charge in [-0.25, -0.2) is 0 Å². The molecule has 0 aromatic rings. The standard InChI is InChI=1S/C6H14N4O2.C6H12N2O4S2.2C6H13NO2.C4H9NO3.C2H5NO2/c7-4(5(11)12)2-1-3-10-6(8)9;7-3(5(9)10)1-13-14-2-4(8)6(11)12;1-4(2)3-5(7)6(8)9;1-3-4(2)5(7)6(8)9;1-2(6)3(5)4(7)8;3-1-2(4)5/h4H,1-3,7H2,(H,11,12)(H4,8,9,10);3-4H,1-2,7-8H2,(H,9,10)(H,11,12);2*4-5H,3,7H2,1-2H3,(H,8,9);2-3,6H,5H2,1H3,(H,7,8);1,3H2,(H,4,5)/t4-;3-,4?;5-;4-,5-;2-,3+;/m00001./s1. The summed E-state index contributed by atoms with van der Waals surface area (Å²) in [5.41, 5.74) is 40.6. The number of nitrogens with one attached hydrogen (secondary N) is 2. The second kappa shape index (κ2) is 40.1. The van der Waals surface area contributed by atoms with Gasteiger partial charge in [-0.15, -0.1) is 0 Å². The van der Waals surface area contributed by atoms with Crippen LogP contribution in [0.5, 0.6) is 0 Å². The molecule has 0 bridgehead atoms. The molecular weight excluding hydrogens is 805 g/mol. The molecule has 0 amide bonds. The summed E-state index contributed by atoms with van der Waals surface area (Å²) in [6, 6.07) is -5.21. The number of aliphatic carboxylic acids is 7. The minimum absolute atomic E-state index is 0.0718. The topological polar surface area (TPSA) is 525 Å². The van der Waals surface area contributed by atoms with Crippen LogP contribution in [0.15, 0.2) is 0 Å². The summed E-state index contributed by atoms with van der Waals surface area (Å²) in [6.07, 6.45) is 1.36. The van der Waals surface area contributed by atoms with Crippen LogP contribution in [0.1, 0.15) is 60.3 Å². The van der Waals surface area contributed by atoms with Gasteiger partial charge in [-0.2, -0.15) is 0 Å². The van der Waals surface area contributed by atoms with Crippen molar-refractivity contribution in [3.05, 3.63) is 0 Å². The highest BCUT2D eigenvalue weighted by Gasteiger charge is 2.18. The Hall–Kier alpha value is -4.06. The molecule has 0 spiro atoms. The van der Waals surface area contributed by atoms with Gasteiger partial charge in [0, 0.05) is 18.1 Å². The Bertz CT molecular complexity index is 1140. The van der Waals surface area contributed by atoms with E-state index in [4.69, 9.17) is 86.4 Å². The van der Waals surface area contributed by atoms with Gasteiger partial charge >= 0.3 is 41.8 Å². The zero-order chi connectivity index (χ0) is 46.6. The van der Waals surface area contributed by atoms with E-state index >= 15 is 0 Å². The molecule has 0 aliphatic rings. The molecule has 338 valence electrons. The molecule has 0 aliphatic heterocycles. The van der Waals surface area contributed by atoms with E-state index in [0.29, 0.717) is 31.7 Å². The highest BCUT2D eigenvalue weighted by molar-refractivity contribution is 8.76. The number of hydrogen-bond acceptors (Lipinski definition) is 18. The van der Waals surface area contributed by atoms with Crippen molar-refractivity contribution in [3.8, 4) is 0 Å². The predicted molar refractivity (Wildman–Crippen MR) is 215 cm³/mol. The molecule has 1 unspecified atom stereocenters. The first-order valence-electron chi connectivity index (χ1n) is 16.8. The smallest absolute Gasteiger partial charge is 0.323 e. The molecule has 0 aromatic carbocycles. The molecule has 25 nitrogen and oxygen atoms in total. The fraction of sp³-hybridized carbons (Fsp3) is 0.733. The van der Waals surface area contributed by atoms with Crippen LogP contribution >= 0.6 is 21.6 Å². The summed E-state index contributed by atoms with van der Waals surface area (Å²) >= 11 is 0. The van der Waals surface area contributed by atoms with Crippen molar-refractivity contribution < 1.29 is 74.4 Å². The first-order valence-corrected chi connectivity index (χ1v) is 19.3. The number of carboxylic acid groups (broad SMARTS) is 7. The lowest BCUT2D eigenvalue weighted by atomic mass is 10.0. The molecule has 57 heavy (non-hydrogen) atoms. The zero-order valence-electron chi connectivity index (χ0n) is 32.7. The maximum Gasteiger partial charge on any atom is 0.323 e. The first-order chi connectivity index (χ1) is 25.9. The molecule has 0 saturated heterocycles. The van der Waals surface area contributed by atoms with Crippen molar-refractivity contribution in [3.63, 3.8) is 0 Å². The van der Waals surface area contributed by atoms with E-state index in [1.54, 1.807) is 0 Å². The minimum Gasteiger partial charge on any atom is -0.480 e. The maximum absolute atomic E-state index is 10.3. The molecule has 27 heteroatoms. The molecule has 0 saturated carbocycles. The predicted octanol–water partition coefficient (Wildman–Crippen LogP) is -3.45. The Balaban J connectivity index is -0.000000140.